The van der Waals surface area contributed by atoms with Crippen LogP contribution in [-0.4, -0.2) is 31.3 Å². The zero-order valence-electron chi connectivity index (χ0n) is 22.2. The molecule has 198 valence electrons. The number of methoxy groups -OCH3 is 1. The lowest BCUT2D eigenvalue weighted by molar-refractivity contribution is -0.122. The normalized spacial score (nSPS) is 14.1. The van der Waals surface area contributed by atoms with Gasteiger partial charge in [0, 0.05) is 12.7 Å². The Kier molecular flexibility index (Phi) is 12.0. The predicted molar refractivity (Wildman–Crippen MR) is 149 cm³/mol. The number of hydrogen-bond donors (Lipinski definition) is 2. The van der Waals surface area contributed by atoms with E-state index in [4.69, 9.17) is 14.6 Å². The maximum Gasteiger partial charge on any atom is 0.224 e. The van der Waals surface area contributed by atoms with E-state index in [1.807, 2.05) is 42.5 Å². The Morgan fingerprint density at radius 3 is 2.24 bits per heavy atom. The average molecular weight is 504 g/mol. The Hall–Kier alpha value is -3.31. The Bertz CT molecular complexity index is 1050. The van der Waals surface area contributed by atoms with E-state index in [0.29, 0.717) is 12.4 Å². The molecule has 1 amide bonds. The second-order valence-corrected chi connectivity index (χ2v) is 9.45. The lowest BCUT2D eigenvalue weighted by Crippen LogP contribution is -2.30. The van der Waals surface area contributed by atoms with Gasteiger partial charge in [-0.1, -0.05) is 92.8 Å². The third-order valence-electron chi connectivity index (χ3n) is 6.64. The molecule has 4 rings (SSSR count). The van der Waals surface area contributed by atoms with Crippen LogP contribution in [0.2, 0.25) is 0 Å². The molecule has 0 radical (unpaired) electrons. The smallest absolute Gasteiger partial charge is 0.224 e. The van der Waals surface area contributed by atoms with Crippen LogP contribution in [-0.2, 0) is 11.2 Å². The van der Waals surface area contributed by atoms with Gasteiger partial charge in [-0.3, -0.25) is 4.79 Å². The largest absolute Gasteiger partial charge is 0.497 e. The first-order valence-electron chi connectivity index (χ1n) is 13.4. The number of aliphatic hydroxyl groups is 1. The summed E-state index contributed by atoms with van der Waals surface area (Å²) in [4.78, 5) is 12.8. The van der Waals surface area contributed by atoms with Gasteiger partial charge in [0.15, 0.2) is 0 Å². The summed E-state index contributed by atoms with van der Waals surface area (Å²) in [5.74, 6) is 2.20. The molecule has 0 aromatic heterocycles. The van der Waals surface area contributed by atoms with Crippen LogP contribution in [0.15, 0.2) is 78.9 Å². The Morgan fingerprint density at radius 2 is 1.57 bits per heavy atom. The van der Waals surface area contributed by atoms with Crippen LogP contribution in [0.1, 0.15) is 68.2 Å². The predicted octanol–water partition coefficient (Wildman–Crippen LogP) is 6.49. The monoisotopic (exact) mass is 503 g/mol. The summed E-state index contributed by atoms with van der Waals surface area (Å²) in [7, 11) is 1.62. The third kappa shape index (κ3) is 9.58. The van der Waals surface area contributed by atoms with E-state index in [9.17, 15) is 4.79 Å². The molecule has 0 aliphatic heterocycles. The average Bonchev–Trinajstić information content (AvgIpc) is 2.94. The summed E-state index contributed by atoms with van der Waals surface area (Å²) in [6.07, 6.45) is 8.26. The van der Waals surface area contributed by atoms with Gasteiger partial charge in [-0.05, 0) is 48.1 Å². The van der Waals surface area contributed by atoms with Crippen molar-refractivity contribution < 1.29 is 19.4 Å². The molecule has 0 bridgehead atoms. The SMILES string of the molecule is CCO.COc1cccc(OCCC(=O)NC(c2ccccc2)c2ccc(CC3CCCCC3)cc2)c1. The molecule has 0 saturated heterocycles. The van der Waals surface area contributed by atoms with Gasteiger partial charge in [0.2, 0.25) is 5.91 Å². The minimum atomic E-state index is -0.186. The lowest BCUT2D eigenvalue weighted by atomic mass is 9.84. The van der Waals surface area contributed by atoms with E-state index in [0.717, 1.165) is 29.2 Å². The second kappa shape index (κ2) is 15.7. The summed E-state index contributed by atoms with van der Waals surface area (Å²) in [5, 5.41) is 10.8. The topological polar surface area (TPSA) is 67.8 Å². The summed E-state index contributed by atoms with van der Waals surface area (Å²) in [5.41, 5.74) is 3.56. The van der Waals surface area contributed by atoms with Crippen molar-refractivity contribution in [2.24, 2.45) is 5.92 Å². The fraction of sp³-hybridized carbons (Fsp3) is 0.406. The van der Waals surface area contributed by atoms with Gasteiger partial charge in [0.25, 0.3) is 0 Å². The molecule has 1 aliphatic carbocycles. The first-order chi connectivity index (χ1) is 18.1. The minimum absolute atomic E-state index is 0.0389. The number of amides is 1. The zero-order valence-corrected chi connectivity index (χ0v) is 22.2. The van der Waals surface area contributed by atoms with Crippen LogP contribution in [0.25, 0.3) is 0 Å². The molecule has 3 aromatic rings. The molecule has 1 saturated carbocycles. The fourth-order valence-corrected chi connectivity index (χ4v) is 4.76. The van der Waals surface area contributed by atoms with Gasteiger partial charge < -0.3 is 19.9 Å². The molecular formula is C32H41NO4. The molecule has 5 nitrogen and oxygen atoms in total. The number of aliphatic hydroxyl groups excluding tert-OH is 1. The van der Waals surface area contributed by atoms with Gasteiger partial charge in [-0.2, -0.15) is 0 Å². The number of hydrogen-bond acceptors (Lipinski definition) is 4. The summed E-state index contributed by atoms with van der Waals surface area (Å²) < 4.78 is 11.0. The van der Waals surface area contributed by atoms with Crippen LogP contribution in [0, 0.1) is 5.92 Å². The highest BCUT2D eigenvalue weighted by molar-refractivity contribution is 5.77. The van der Waals surface area contributed by atoms with Crippen LogP contribution in [0.4, 0.5) is 0 Å². The number of carbonyl (C=O) groups excluding carboxylic acids is 1. The van der Waals surface area contributed by atoms with Gasteiger partial charge >= 0.3 is 0 Å². The highest BCUT2D eigenvalue weighted by Crippen LogP contribution is 2.28. The van der Waals surface area contributed by atoms with E-state index in [1.54, 1.807) is 14.0 Å². The fourth-order valence-electron chi connectivity index (χ4n) is 4.76. The maximum absolute atomic E-state index is 12.8. The molecule has 3 aromatic carbocycles. The molecule has 1 aliphatic rings. The molecule has 0 spiro atoms. The van der Waals surface area contributed by atoms with Crippen LogP contribution < -0.4 is 14.8 Å². The van der Waals surface area contributed by atoms with E-state index >= 15 is 0 Å². The molecule has 1 unspecified atom stereocenters. The van der Waals surface area contributed by atoms with Crippen molar-refractivity contribution in [2.45, 2.75) is 57.9 Å². The van der Waals surface area contributed by atoms with Crippen molar-refractivity contribution in [2.75, 3.05) is 20.3 Å². The second-order valence-electron chi connectivity index (χ2n) is 9.45. The van der Waals surface area contributed by atoms with E-state index in [-0.39, 0.29) is 25.0 Å². The van der Waals surface area contributed by atoms with Crippen molar-refractivity contribution in [1.82, 2.24) is 5.32 Å². The Labute approximate surface area is 221 Å². The minimum Gasteiger partial charge on any atom is -0.497 e. The van der Waals surface area contributed by atoms with Crippen molar-refractivity contribution in [3.8, 4) is 11.5 Å². The van der Waals surface area contributed by atoms with Gasteiger partial charge in [-0.15, -0.1) is 0 Å². The number of benzene rings is 3. The molecule has 0 heterocycles. The number of nitrogens with one attached hydrogen (secondary N) is 1. The standard InChI is InChI=1S/C30H35NO3.C2H6O/c1-33-27-13-8-14-28(22-27)34-20-19-29(32)31-30(25-11-6-3-7-12-25)26-17-15-24(16-18-26)21-23-9-4-2-5-10-23;1-2-3/h3,6-8,11-18,22-23,30H,2,4-5,9-10,19-21H2,1H3,(H,31,32);3H,2H2,1H3. The molecule has 1 fully saturated rings. The van der Waals surface area contributed by atoms with Crippen LogP contribution >= 0.6 is 0 Å². The van der Waals surface area contributed by atoms with Gasteiger partial charge in [0.1, 0.15) is 11.5 Å². The van der Waals surface area contributed by atoms with Crippen molar-refractivity contribution in [3.05, 3.63) is 95.6 Å². The number of carbonyl (C=O) groups is 1. The summed E-state index contributed by atoms with van der Waals surface area (Å²) in [6, 6.07) is 26.2. The lowest BCUT2D eigenvalue weighted by Gasteiger charge is -2.23. The van der Waals surface area contributed by atoms with E-state index in [2.05, 4.69) is 41.7 Å². The summed E-state index contributed by atoms with van der Waals surface area (Å²) in [6.45, 7) is 2.24. The number of ether oxygens (including phenoxy) is 2. The molecule has 5 heteroatoms. The Morgan fingerprint density at radius 1 is 0.919 bits per heavy atom. The zero-order chi connectivity index (χ0) is 26.3. The highest BCUT2D eigenvalue weighted by Gasteiger charge is 2.18. The highest BCUT2D eigenvalue weighted by atomic mass is 16.5. The van der Waals surface area contributed by atoms with Gasteiger partial charge in [-0.25, -0.2) is 0 Å². The molecular weight excluding hydrogens is 462 g/mol. The number of rotatable bonds is 10. The first-order valence-corrected chi connectivity index (χ1v) is 13.4. The van der Waals surface area contributed by atoms with Crippen molar-refractivity contribution >= 4 is 5.91 Å². The first kappa shape index (κ1) is 28.3. The van der Waals surface area contributed by atoms with Crippen molar-refractivity contribution in [1.29, 1.82) is 0 Å². The van der Waals surface area contributed by atoms with E-state index in [1.165, 1.54) is 37.7 Å². The summed E-state index contributed by atoms with van der Waals surface area (Å²) >= 11 is 0. The van der Waals surface area contributed by atoms with Gasteiger partial charge in [0.05, 0.1) is 26.2 Å². The van der Waals surface area contributed by atoms with Crippen molar-refractivity contribution in [3.63, 3.8) is 0 Å². The quantitative estimate of drug-likeness (QED) is 0.332. The molecule has 2 N–H and O–H groups in total. The molecule has 1 atom stereocenters. The molecule has 37 heavy (non-hydrogen) atoms. The van der Waals surface area contributed by atoms with Crippen LogP contribution in [0.5, 0.6) is 11.5 Å². The Balaban J connectivity index is 0.00000121. The maximum atomic E-state index is 12.8. The third-order valence-corrected chi connectivity index (χ3v) is 6.64. The van der Waals surface area contributed by atoms with E-state index < -0.39 is 0 Å². The van der Waals surface area contributed by atoms with Crippen LogP contribution in [0.3, 0.4) is 0 Å².